The standard InChI is InChI=1S/C25H30N2O2S/c1-16-12-13-17(2)19(14-16)15-27-21-10-6-7-11-22(21)30-23(25(27)29)18(3)24(28)26-20-8-4-5-9-20/h6-7,10-14,18,20,23H,4-5,8-9,15H2,1-3H3,(H,26,28). The molecular formula is C25H30N2O2S. The molecule has 1 aliphatic heterocycles. The van der Waals surface area contributed by atoms with Crippen LogP contribution in [0.5, 0.6) is 0 Å². The molecule has 2 aromatic rings. The van der Waals surface area contributed by atoms with E-state index in [9.17, 15) is 9.59 Å². The molecule has 0 radical (unpaired) electrons. The van der Waals surface area contributed by atoms with E-state index in [1.54, 1.807) is 0 Å². The van der Waals surface area contributed by atoms with Crippen LogP contribution in [0, 0.1) is 19.8 Å². The maximum Gasteiger partial charge on any atom is 0.241 e. The van der Waals surface area contributed by atoms with Gasteiger partial charge in [-0.1, -0.05) is 55.7 Å². The smallest absolute Gasteiger partial charge is 0.241 e. The maximum absolute atomic E-state index is 13.6. The monoisotopic (exact) mass is 422 g/mol. The first-order valence-corrected chi connectivity index (χ1v) is 11.8. The lowest BCUT2D eigenvalue weighted by Crippen LogP contribution is -2.48. The highest BCUT2D eigenvalue weighted by atomic mass is 32.2. The van der Waals surface area contributed by atoms with Gasteiger partial charge < -0.3 is 10.2 Å². The first-order valence-electron chi connectivity index (χ1n) is 10.9. The zero-order chi connectivity index (χ0) is 21.3. The van der Waals surface area contributed by atoms with Crippen molar-refractivity contribution in [3.63, 3.8) is 0 Å². The zero-order valence-corrected chi connectivity index (χ0v) is 18.8. The summed E-state index contributed by atoms with van der Waals surface area (Å²) in [5.74, 6) is -0.356. The Morgan fingerprint density at radius 2 is 1.90 bits per heavy atom. The van der Waals surface area contributed by atoms with Gasteiger partial charge in [-0.3, -0.25) is 9.59 Å². The van der Waals surface area contributed by atoms with E-state index < -0.39 is 5.25 Å². The highest BCUT2D eigenvalue weighted by Gasteiger charge is 2.40. The molecule has 2 aliphatic rings. The van der Waals surface area contributed by atoms with Gasteiger partial charge in [0.2, 0.25) is 11.8 Å². The van der Waals surface area contributed by atoms with Crippen molar-refractivity contribution in [2.45, 2.75) is 69.2 Å². The largest absolute Gasteiger partial charge is 0.353 e. The Bertz CT molecular complexity index is 952. The molecule has 4 rings (SSSR count). The van der Waals surface area contributed by atoms with Crippen molar-refractivity contribution >= 4 is 29.3 Å². The van der Waals surface area contributed by atoms with Crippen molar-refractivity contribution < 1.29 is 9.59 Å². The van der Waals surface area contributed by atoms with Gasteiger partial charge in [0.15, 0.2) is 0 Å². The number of benzene rings is 2. The quantitative estimate of drug-likeness (QED) is 0.737. The fourth-order valence-electron chi connectivity index (χ4n) is 4.40. The van der Waals surface area contributed by atoms with Gasteiger partial charge in [-0.2, -0.15) is 0 Å². The van der Waals surface area contributed by atoms with Crippen molar-refractivity contribution in [1.29, 1.82) is 0 Å². The van der Waals surface area contributed by atoms with E-state index in [1.807, 2.05) is 30.0 Å². The fraction of sp³-hybridized carbons (Fsp3) is 0.440. The van der Waals surface area contributed by atoms with Crippen LogP contribution in [0.2, 0.25) is 0 Å². The average molecular weight is 423 g/mol. The molecule has 1 saturated carbocycles. The number of carbonyl (C=O) groups excluding carboxylic acids is 2. The maximum atomic E-state index is 13.6. The van der Waals surface area contributed by atoms with Crippen molar-refractivity contribution in [3.8, 4) is 0 Å². The SMILES string of the molecule is Cc1ccc(C)c(CN2C(=O)C(C(C)C(=O)NC3CCCC3)Sc3ccccc32)c1. The molecule has 5 heteroatoms. The van der Waals surface area contributed by atoms with E-state index in [1.165, 1.54) is 35.7 Å². The molecule has 1 fully saturated rings. The number of thioether (sulfide) groups is 1. The van der Waals surface area contributed by atoms with Crippen LogP contribution in [0.15, 0.2) is 47.4 Å². The Kier molecular flexibility index (Phi) is 6.19. The minimum Gasteiger partial charge on any atom is -0.353 e. The molecule has 2 unspecified atom stereocenters. The van der Waals surface area contributed by atoms with Gasteiger partial charge in [0.25, 0.3) is 0 Å². The number of hydrogen-bond donors (Lipinski definition) is 1. The molecule has 2 amide bonds. The minimum atomic E-state index is -0.411. The van der Waals surface area contributed by atoms with Crippen LogP contribution in [-0.2, 0) is 16.1 Å². The number of amides is 2. The summed E-state index contributed by atoms with van der Waals surface area (Å²) < 4.78 is 0. The molecule has 0 saturated heterocycles. The summed E-state index contributed by atoms with van der Waals surface area (Å²) in [5, 5.41) is 2.77. The summed E-state index contributed by atoms with van der Waals surface area (Å²) in [6, 6.07) is 14.6. The summed E-state index contributed by atoms with van der Waals surface area (Å²) in [5.41, 5.74) is 4.44. The Morgan fingerprint density at radius 3 is 2.67 bits per heavy atom. The predicted octanol–water partition coefficient (Wildman–Crippen LogP) is 5.01. The second-order valence-corrected chi connectivity index (χ2v) is 9.82. The molecule has 0 bridgehead atoms. The minimum absolute atomic E-state index is 0.00110. The number of para-hydroxylation sites is 1. The molecule has 158 valence electrons. The Labute approximate surface area is 183 Å². The summed E-state index contributed by atoms with van der Waals surface area (Å²) in [6.07, 6.45) is 4.44. The van der Waals surface area contributed by atoms with Crippen LogP contribution in [0.4, 0.5) is 5.69 Å². The molecule has 1 aliphatic carbocycles. The number of rotatable bonds is 5. The zero-order valence-electron chi connectivity index (χ0n) is 18.0. The van der Waals surface area contributed by atoms with Crippen LogP contribution in [-0.4, -0.2) is 23.1 Å². The second kappa shape index (κ2) is 8.84. The lowest BCUT2D eigenvalue weighted by Gasteiger charge is -2.36. The first kappa shape index (κ1) is 21.0. The molecular weight excluding hydrogens is 392 g/mol. The van der Waals surface area contributed by atoms with Crippen LogP contribution in [0.1, 0.15) is 49.3 Å². The van der Waals surface area contributed by atoms with Gasteiger partial charge in [-0.25, -0.2) is 0 Å². The van der Waals surface area contributed by atoms with Crippen LogP contribution < -0.4 is 10.2 Å². The van der Waals surface area contributed by atoms with Crippen molar-refractivity contribution in [2.75, 3.05) is 4.90 Å². The molecule has 1 heterocycles. The van der Waals surface area contributed by atoms with Crippen molar-refractivity contribution in [1.82, 2.24) is 5.32 Å². The van der Waals surface area contributed by atoms with Crippen LogP contribution in [0.25, 0.3) is 0 Å². The lowest BCUT2D eigenvalue weighted by molar-refractivity contribution is -0.128. The van der Waals surface area contributed by atoms with Gasteiger partial charge >= 0.3 is 0 Å². The number of nitrogens with one attached hydrogen (secondary N) is 1. The summed E-state index contributed by atoms with van der Waals surface area (Å²) >= 11 is 1.53. The molecule has 0 aromatic heterocycles. The van der Waals surface area contributed by atoms with E-state index in [2.05, 4.69) is 43.4 Å². The van der Waals surface area contributed by atoms with Crippen LogP contribution in [0.3, 0.4) is 0 Å². The van der Waals surface area contributed by atoms with Crippen LogP contribution >= 0.6 is 11.8 Å². The van der Waals surface area contributed by atoms with Crippen molar-refractivity contribution in [3.05, 3.63) is 59.2 Å². The lowest BCUT2D eigenvalue weighted by atomic mass is 10.0. The third kappa shape index (κ3) is 4.27. The van der Waals surface area contributed by atoms with Crippen molar-refractivity contribution in [2.24, 2.45) is 5.92 Å². The van der Waals surface area contributed by atoms with Gasteiger partial charge in [0.1, 0.15) is 5.25 Å². The number of anilines is 1. The number of hydrogen-bond acceptors (Lipinski definition) is 3. The number of fused-ring (bicyclic) bond motifs is 1. The second-order valence-electron chi connectivity index (χ2n) is 8.64. The summed E-state index contributed by atoms with van der Waals surface area (Å²) in [4.78, 5) is 29.5. The third-order valence-electron chi connectivity index (χ3n) is 6.32. The van der Waals surface area contributed by atoms with E-state index >= 15 is 0 Å². The molecule has 2 atom stereocenters. The summed E-state index contributed by atoms with van der Waals surface area (Å²) in [7, 11) is 0. The molecule has 30 heavy (non-hydrogen) atoms. The molecule has 1 N–H and O–H groups in total. The molecule has 4 nitrogen and oxygen atoms in total. The fourth-order valence-corrected chi connectivity index (χ4v) is 5.69. The summed E-state index contributed by atoms with van der Waals surface area (Å²) in [6.45, 7) is 6.57. The number of nitrogens with zero attached hydrogens (tertiary/aromatic N) is 1. The van der Waals surface area contributed by atoms with E-state index in [4.69, 9.17) is 0 Å². The van der Waals surface area contributed by atoms with E-state index in [-0.39, 0.29) is 23.8 Å². The van der Waals surface area contributed by atoms with Gasteiger partial charge in [-0.15, -0.1) is 11.8 Å². The third-order valence-corrected chi connectivity index (χ3v) is 7.78. The molecule has 2 aromatic carbocycles. The van der Waals surface area contributed by atoms with Gasteiger partial charge in [-0.05, 0) is 49.9 Å². The predicted molar refractivity (Wildman–Crippen MR) is 123 cm³/mol. The highest BCUT2D eigenvalue weighted by Crippen LogP contribution is 2.42. The Morgan fingerprint density at radius 1 is 1.17 bits per heavy atom. The van der Waals surface area contributed by atoms with E-state index in [0.29, 0.717) is 6.54 Å². The Balaban J connectivity index is 1.60. The number of carbonyl (C=O) groups is 2. The molecule has 0 spiro atoms. The topological polar surface area (TPSA) is 49.4 Å². The first-order chi connectivity index (χ1) is 14.4. The number of aryl methyl sites for hydroxylation is 2. The highest BCUT2D eigenvalue weighted by molar-refractivity contribution is 8.01. The van der Waals surface area contributed by atoms with E-state index in [0.717, 1.165) is 29.0 Å². The average Bonchev–Trinajstić information content (AvgIpc) is 3.25. The van der Waals surface area contributed by atoms with Gasteiger partial charge in [0.05, 0.1) is 18.2 Å². The Hall–Kier alpha value is -2.27. The van der Waals surface area contributed by atoms with Gasteiger partial charge in [0, 0.05) is 10.9 Å². The normalized spacial score (nSPS) is 20.2.